The smallest absolute Gasteiger partial charge is 0.321 e. The van der Waals surface area contributed by atoms with E-state index in [4.69, 9.17) is 4.74 Å². The van der Waals surface area contributed by atoms with Gasteiger partial charge in [-0.2, -0.15) is 4.31 Å². The van der Waals surface area contributed by atoms with E-state index in [1.165, 1.54) is 30.6 Å². The molecule has 0 atom stereocenters. The molecule has 0 aliphatic carbocycles. The maximum atomic E-state index is 12.3. The van der Waals surface area contributed by atoms with Crippen molar-refractivity contribution in [1.82, 2.24) is 9.29 Å². The van der Waals surface area contributed by atoms with Gasteiger partial charge >= 0.3 is 5.97 Å². The first-order valence-corrected chi connectivity index (χ1v) is 7.13. The third-order valence-electron chi connectivity index (χ3n) is 2.22. The number of aromatic nitrogens is 1. The molecule has 0 radical (unpaired) electrons. The highest BCUT2D eigenvalue weighted by molar-refractivity contribution is 7.89. The Kier molecular flexibility index (Phi) is 5.65. The summed E-state index contributed by atoms with van der Waals surface area (Å²) in [6.07, 6.45) is 4.12. The molecule has 0 saturated heterocycles. The van der Waals surface area contributed by atoms with Crippen LogP contribution in [-0.4, -0.2) is 43.4 Å². The number of ether oxygens (including phenoxy) is 1. The van der Waals surface area contributed by atoms with Crippen molar-refractivity contribution in [3.8, 4) is 0 Å². The predicted octanol–water partition coefficient (Wildman–Crippen LogP) is 0.821. The molecule has 1 aromatic rings. The van der Waals surface area contributed by atoms with Crippen molar-refractivity contribution in [2.24, 2.45) is 0 Å². The molecule has 0 unspecified atom stereocenters. The minimum Gasteiger partial charge on any atom is -0.465 e. The molecule has 0 bridgehead atoms. The van der Waals surface area contributed by atoms with Gasteiger partial charge in [-0.05, 0) is 19.1 Å². The summed E-state index contributed by atoms with van der Waals surface area (Å²) >= 11 is 0. The summed E-state index contributed by atoms with van der Waals surface area (Å²) in [6.45, 7) is 5.02. The van der Waals surface area contributed by atoms with Crippen LogP contribution in [-0.2, 0) is 19.6 Å². The van der Waals surface area contributed by atoms with E-state index < -0.39 is 16.0 Å². The van der Waals surface area contributed by atoms with E-state index in [1.807, 2.05) is 0 Å². The van der Waals surface area contributed by atoms with Crippen molar-refractivity contribution in [1.29, 1.82) is 0 Å². The van der Waals surface area contributed by atoms with Crippen molar-refractivity contribution >= 4 is 16.0 Å². The largest absolute Gasteiger partial charge is 0.465 e. The molecule has 0 amide bonds. The van der Waals surface area contributed by atoms with Crippen LogP contribution in [0.5, 0.6) is 0 Å². The molecule has 0 saturated carbocycles. The van der Waals surface area contributed by atoms with Gasteiger partial charge in [-0.3, -0.25) is 9.78 Å². The Bertz CT molecular complexity index is 528. The summed E-state index contributed by atoms with van der Waals surface area (Å²) in [4.78, 5) is 15.2. The first kappa shape index (κ1) is 15.3. The lowest BCUT2D eigenvalue weighted by atomic mass is 10.5. The average Bonchev–Trinajstić information content (AvgIpc) is 2.39. The zero-order valence-electron chi connectivity index (χ0n) is 10.7. The number of carbonyl (C=O) groups is 1. The Labute approximate surface area is 112 Å². The predicted molar refractivity (Wildman–Crippen MR) is 69.8 cm³/mol. The lowest BCUT2D eigenvalue weighted by molar-refractivity contribution is -0.143. The second-order valence-corrected chi connectivity index (χ2v) is 5.52. The highest BCUT2D eigenvalue weighted by Gasteiger charge is 2.26. The number of nitrogens with zero attached hydrogens (tertiary/aromatic N) is 2. The van der Waals surface area contributed by atoms with Gasteiger partial charge < -0.3 is 4.74 Å². The molecule has 6 nitrogen and oxygen atoms in total. The lowest BCUT2D eigenvalue weighted by Gasteiger charge is -2.19. The van der Waals surface area contributed by atoms with E-state index in [2.05, 4.69) is 11.6 Å². The van der Waals surface area contributed by atoms with Crippen molar-refractivity contribution in [2.75, 3.05) is 19.7 Å². The fourth-order valence-electron chi connectivity index (χ4n) is 1.39. The van der Waals surface area contributed by atoms with Crippen LogP contribution >= 0.6 is 0 Å². The van der Waals surface area contributed by atoms with E-state index in [9.17, 15) is 13.2 Å². The van der Waals surface area contributed by atoms with Gasteiger partial charge in [-0.25, -0.2) is 8.42 Å². The number of rotatable bonds is 7. The Balaban J connectivity index is 2.98. The van der Waals surface area contributed by atoms with Crippen LogP contribution in [0.1, 0.15) is 6.92 Å². The van der Waals surface area contributed by atoms with Crippen LogP contribution in [0.2, 0.25) is 0 Å². The molecule has 1 aromatic heterocycles. The summed E-state index contributed by atoms with van der Waals surface area (Å²) < 4.78 is 30.3. The van der Waals surface area contributed by atoms with Crippen molar-refractivity contribution < 1.29 is 17.9 Å². The zero-order valence-corrected chi connectivity index (χ0v) is 11.5. The monoisotopic (exact) mass is 284 g/mol. The Hall–Kier alpha value is -1.73. The highest BCUT2D eigenvalue weighted by Crippen LogP contribution is 2.14. The number of hydrogen-bond acceptors (Lipinski definition) is 5. The quantitative estimate of drug-likeness (QED) is 0.547. The van der Waals surface area contributed by atoms with E-state index >= 15 is 0 Å². The zero-order chi connectivity index (χ0) is 14.3. The molecule has 104 valence electrons. The number of pyridine rings is 1. The summed E-state index contributed by atoms with van der Waals surface area (Å²) in [5.41, 5.74) is 0. The Morgan fingerprint density at radius 1 is 1.58 bits per heavy atom. The van der Waals surface area contributed by atoms with Gasteiger partial charge in [0.25, 0.3) is 0 Å². The van der Waals surface area contributed by atoms with Crippen LogP contribution in [0.4, 0.5) is 0 Å². The summed E-state index contributed by atoms with van der Waals surface area (Å²) in [5, 5.41) is 0. The first-order chi connectivity index (χ1) is 9.02. The van der Waals surface area contributed by atoms with Crippen LogP contribution in [0.3, 0.4) is 0 Å². The molecule has 0 spiro atoms. The van der Waals surface area contributed by atoms with Crippen LogP contribution < -0.4 is 0 Å². The maximum absolute atomic E-state index is 12.3. The Morgan fingerprint density at radius 2 is 2.32 bits per heavy atom. The highest BCUT2D eigenvalue weighted by atomic mass is 32.2. The second-order valence-electron chi connectivity index (χ2n) is 3.58. The molecular formula is C12H16N2O4S. The summed E-state index contributed by atoms with van der Waals surface area (Å²) in [5.74, 6) is -0.600. The van der Waals surface area contributed by atoms with E-state index in [-0.39, 0.29) is 24.6 Å². The molecule has 1 heterocycles. The van der Waals surface area contributed by atoms with Crippen LogP contribution in [0.15, 0.2) is 42.1 Å². The fraction of sp³-hybridized carbons (Fsp3) is 0.333. The standard InChI is InChI=1S/C12H16N2O4S/c1-3-8-14(10-12(15)18-4-2)19(16,17)11-6-5-7-13-9-11/h3,5-7,9H,1,4,8,10H2,2H3. The Morgan fingerprint density at radius 3 is 2.84 bits per heavy atom. The van der Waals surface area contributed by atoms with Gasteiger partial charge in [-0.1, -0.05) is 6.08 Å². The normalized spacial score (nSPS) is 11.3. The third kappa shape index (κ3) is 4.15. The van der Waals surface area contributed by atoms with Gasteiger partial charge in [0, 0.05) is 18.9 Å². The SMILES string of the molecule is C=CCN(CC(=O)OCC)S(=O)(=O)c1cccnc1. The molecule has 19 heavy (non-hydrogen) atoms. The third-order valence-corrected chi connectivity index (χ3v) is 4.01. The van der Waals surface area contributed by atoms with Crippen molar-refractivity contribution in [3.63, 3.8) is 0 Å². The lowest BCUT2D eigenvalue weighted by Crippen LogP contribution is -2.36. The van der Waals surface area contributed by atoms with Crippen LogP contribution in [0, 0.1) is 0 Å². The first-order valence-electron chi connectivity index (χ1n) is 5.69. The molecule has 0 aliphatic heterocycles. The molecule has 0 fully saturated rings. The van der Waals surface area contributed by atoms with E-state index in [0.717, 1.165) is 4.31 Å². The average molecular weight is 284 g/mol. The van der Waals surface area contributed by atoms with Crippen LogP contribution in [0.25, 0.3) is 0 Å². The van der Waals surface area contributed by atoms with E-state index in [0.29, 0.717) is 0 Å². The maximum Gasteiger partial charge on any atom is 0.321 e. The molecular weight excluding hydrogens is 268 g/mol. The number of carbonyl (C=O) groups excluding carboxylic acids is 1. The van der Waals surface area contributed by atoms with Gasteiger partial charge in [0.1, 0.15) is 11.4 Å². The van der Waals surface area contributed by atoms with E-state index in [1.54, 1.807) is 6.92 Å². The van der Waals surface area contributed by atoms with Gasteiger partial charge in [-0.15, -0.1) is 6.58 Å². The molecule has 0 N–H and O–H groups in total. The number of hydrogen-bond donors (Lipinski definition) is 0. The van der Waals surface area contributed by atoms with Crippen molar-refractivity contribution in [3.05, 3.63) is 37.2 Å². The summed E-state index contributed by atoms with van der Waals surface area (Å²) in [7, 11) is -3.78. The summed E-state index contributed by atoms with van der Waals surface area (Å²) in [6, 6.07) is 2.94. The minimum absolute atomic E-state index is 0.0239. The number of esters is 1. The second kappa shape index (κ2) is 7.01. The molecule has 0 aromatic carbocycles. The molecule has 7 heteroatoms. The van der Waals surface area contributed by atoms with Crippen molar-refractivity contribution in [2.45, 2.75) is 11.8 Å². The van der Waals surface area contributed by atoms with Gasteiger partial charge in [0.15, 0.2) is 0 Å². The topological polar surface area (TPSA) is 76.6 Å². The van der Waals surface area contributed by atoms with Gasteiger partial charge in [0.2, 0.25) is 10.0 Å². The number of sulfonamides is 1. The van der Waals surface area contributed by atoms with Gasteiger partial charge in [0.05, 0.1) is 6.61 Å². The fourth-order valence-corrected chi connectivity index (χ4v) is 2.71. The molecule has 1 rings (SSSR count). The molecule has 0 aliphatic rings. The minimum atomic E-state index is -3.78.